The van der Waals surface area contributed by atoms with Gasteiger partial charge in [0.2, 0.25) is 0 Å². The van der Waals surface area contributed by atoms with Gasteiger partial charge in [0.25, 0.3) is 0 Å². The van der Waals surface area contributed by atoms with Gasteiger partial charge in [0.15, 0.2) is 5.43 Å². The van der Waals surface area contributed by atoms with Crippen LogP contribution in [0.2, 0.25) is 0 Å². The summed E-state index contributed by atoms with van der Waals surface area (Å²) < 4.78 is 0. The number of fused-ring (bicyclic) bond motifs is 1. The molecule has 3 aromatic carbocycles. The molecule has 3 aromatic rings. The predicted octanol–water partition coefficient (Wildman–Crippen LogP) is 3.45. The highest BCUT2D eigenvalue weighted by Crippen LogP contribution is 2.34. The number of rotatable bonds is 3. The number of hydrogen-bond donors (Lipinski definition) is 0. The fraction of sp³-hybridized carbons (Fsp3) is 0.118. The van der Waals surface area contributed by atoms with Gasteiger partial charge in [-0.1, -0.05) is 30.9 Å². The Balaban J connectivity index is 2.17. The average molecular weight is 249 g/mol. The van der Waals surface area contributed by atoms with Gasteiger partial charge < -0.3 is 4.90 Å². The largest absolute Gasteiger partial charge is 0.378 e. The van der Waals surface area contributed by atoms with Gasteiger partial charge in [0.05, 0.1) is 0 Å². The first-order valence-corrected chi connectivity index (χ1v) is 6.25. The maximum Gasteiger partial charge on any atom is 0.195 e. The van der Waals surface area contributed by atoms with Crippen molar-refractivity contribution >= 4 is 22.5 Å². The van der Waals surface area contributed by atoms with Crippen LogP contribution in [0.4, 0.5) is 5.69 Å². The van der Waals surface area contributed by atoms with E-state index in [0.29, 0.717) is 0 Å². The van der Waals surface area contributed by atoms with Gasteiger partial charge in [0.1, 0.15) is 0 Å². The van der Waals surface area contributed by atoms with Gasteiger partial charge in [-0.15, -0.1) is 0 Å². The van der Waals surface area contributed by atoms with Crippen molar-refractivity contribution in [1.82, 2.24) is 0 Å². The molecule has 0 saturated heterocycles. The molecular formula is C17H15NO. The molecule has 0 radical (unpaired) electrons. The summed E-state index contributed by atoms with van der Waals surface area (Å²) in [5.74, 6) is 0. The van der Waals surface area contributed by atoms with Crippen molar-refractivity contribution in [1.29, 1.82) is 0 Å². The zero-order valence-corrected chi connectivity index (χ0v) is 11.1. The van der Waals surface area contributed by atoms with Crippen LogP contribution >= 0.6 is 0 Å². The second kappa shape index (κ2) is 4.09. The normalized spacial score (nSPS) is 11.1. The highest BCUT2D eigenvalue weighted by molar-refractivity contribution is 6.10. The lowest BCUT2D eigenvalue weighted by Crippen LogP contribution is -2.07. The monoisotopic (exact) mass is 249 g/mol. The van der Waals surface area contributed by atoms with Crippen LogP contribution in [0.5, 0.6) is 0 Å². The Bertz CT molecular complexity index is 772. The third kappa shape index (κ3) is 1.76. The summed E-state index contributed by atoms with van der Waals surface area (Å²) in [4.78, 5) is 13.8. The van der Waals surface area contributed by atoms with E-state index in [2.05, 4.69) is 35.7 Å². The molecule has 19 heavy (non-hydrogen) atoms. The SMILES string of the molecule is C=Cc1ccc2c(=O)c2c1-c1ccc(N(C)C)cc1. The number of hydrogen-bond acceptors (Lipinski definition) is 2. The van der Waals surface area contributed by atoms with E-state index in [1.54, 1.807) is 6.08 Å². The van der Waals surface area contributed by atoms with Crippen LogP contribution in [0.1, 0.15) is 5.56 Å². The van der Waals surface area contributed by atoms with Crippen molar-refractivity contribution in [3.05, 3.63) is 58.8 Å². The van der Waals surface area contributed by atoms with E-state index >= 15 is 0 Å². The van der Waals surface area contributed by atoms with Crippen LogP contribution in [-0.4, -0.2) is 14.1 Å². The molecule has 0 heterocycles. The van der Waals surface area contributed by atoms with E-state index < -0.39 is 0 Å². The Kier molecular flexibility index (Phi) is 2.53. The highest BCUT2D eigenvalue weighted by Gasteiger charge is 2.19. The van der Waals surface area contributed by atoms with Crippen molar-refractivity contribution in [3.63, 3.8) is 0 Å². The quantitative estimate of drug-likeness (QED) is 0.708. The van der Waals surface area contributed by atoms with E-state index in [1.807, 2.05) is 26.2 Å². The van der Waals surface area contributed by atoms with Gasteiger partial charge in [-0.3, -0.25) is 4.79 Å². The maximum absolute atomic E-state index is 11.7. The molecule has 0 atom stereocenters. The summed E-state index contributed by atoms with van der Waals surface area (Å²) in [6.07, 6.45) is 1.81. The Labute approximate surface area is 112 Å². The Morgan fingerprint density at radius 3 is 2.32 bits per heavy atom. The zero-order chi connectivity index (χ0) is 13.6. The standard InChI is InChI=1S/C17H15NO/c1-4-11-7-10-14-16(17(14)19)15(11)12-5-8-13(9-6-12)18(2)3/h4-10H,1H2,2-3H3. The smallest absolute Gasteiger partial charge is 0.195 e. The molecule has 0 aliphatic rings. The first-order chi connectivity index (χ1) is 9.13. The summed E-state index contributed by atoms with van der Waals surface area (Å²) in [7, 11) is 4.02. The van der Waals surface area contributed by atoms with Gasteiger partial charge in [-0.05, 0) is 29.3 Å². The molecule has 0 saturated carbocycles. The molecule has 0 aromatic heterocycles. The van der Waals surface area contributed by atoms with Gasteiger partial charge >= 0.3 is 0 Å². The second-order valence-corrected chi connectivity index (χ2v) is 4.93. The Morgan fingerprint density at radius 1 is 1.05 bits per heavy atom. The van der Waals surface area contributed by atoms with Crippen molar-refractivity contribution in [3.8, 4) is 11.1 Å². The summed E-state index contributed by atoms with van der Waals surface area (Å²) in [5.41, 5.74) is 4.42. The van der Waals surface area contributed by atoms with Gasteiger partial charge in [0, 0.05) is 36.1 Å². The molecule has 0 N–H and O–H groups in total. The number of nitrogens with zero attached hydrogens (tertiary/aromatic N) is 1. The van der Waals surface area contributed by atoms with Gasteiger partial charge in [-0.25, -0.2) is 0 Å². The first-order valence-electron chi connectivity index (χ1n) is 6.25. The van der Waals surface area contributed by atoms with Crippen molar-refractivity contribution in [2.45, 2.75) is 0 Å². The molecule has 3 rings (SSSR count). The third-order valence-electron chi connectivity index (χ3n) is 3.54. The van der Waals surface area contributed by atoms with Crippen molar-refractivity contribution < 1.29 is 0 Å². The van der Waals surface area contributed by atoms with E-state index in [-0.39, 0.29) is 5.43 Å². The number of anilines is 1. The highest BCUT2D eigenvalue weighted by atomic mass is 16.1. The molecule has 0 unspecified atom stereocenters. The third-order valence-corrected chi connectivity index (χ3v) is 3.54. The van der Waals surface area contributed by atoms with Crippen LogP contribution in [-0.2, 0) is 0 Å². The fourth-order valence-corrected chi connectivity index (χ4v) is 2.40. The summed E-state index contributed by atoms with van der Waals surface area (Å²) >= 11 is 0. The molecule has 2 nitrogen and oxygen atoms in total. The minimum atomic E-state index is 0.166. The Morgan fingerprint density at radius 2 is 1.74 bits per heavy atom. The van der Waals surface area contributed by atoms with Crippen molar-refractivity contribution in [2.75, 3.05) is 19.0 Å². The van der Waals surface area contributed by atoms with Crippen LogP contribution < -0.4 is 10.3 Å². The lowest BCUT2D eigenvalue weighted by molar-refractivity contribution is 1.13. The van der Waals surface area contributed by atoms with Crippen LogP contribution in [0.25, 0.3) is 28.0 Å². The molecule has 0 amide bonds. The number of benzene rings is 2. The molecule has 0 spiro atoms. The zero-order valence-electron chi connectivity index (χ0n) is 11.1. The summed E-state index contributed by atoms with van der Waals surface area (Å²) in [6, 6.07) is 12.1. The molecule has 0 aliphatic carbocycles. The van der Waals surface area contributed by atoms with Crippen LogP contribution in [0.15, 0.2) is 47.8 Å². The fourth-order valence-electron chi connectivity index (χ4n) is 2.40. The van der Waals surface area contributed by atoms with Crippen LogP contribution in [0, 0.1) is 0 Å². The van der Waals surface area contributed by atoms with E-state index in [9.17, 15) is 4.79 Å². The molecular weight excluding hydrogens is 234 g/mol. The lowest BCUT2D eigenvalue weighted by Gasteiger charge is -2.13. The molecule has 2 heteroatoms. The topological polar surface area (TPSA) is 20.3 Å². The maximum atomic E-state index is 11.7. The van der Waals surface area contributed by atoms with Gasteiger partial charge in [-0.2, -0.15) is 0 Å². The molecule has 0 fully saturated rings. The minimum absolute atomic E-state index is 0.166. The van der Waals surface area contributed by atoms with Crippen molar-refractivity contribution in [2.24, 2.45) is 0 Å². The predicted molar refractivity (Wildman–Crippen MR) is 82.4 cm³/mol. The van der Waals surface area contributed by atoms with E-state index in [1.165, 1.54) is 0 Å². The lowest BCUT2D eigenvalue weighted by atomic mass is 9.99. The molecule has 0 bridgehead atoms. The molecule has 94 valence electrons. The van der Waals surface area contributed by atoms with Crippen LogP contribution in [0.3, 0.4) is 0 Å². The molecule has 0 aliphatic heterocycles. The summed E-state index contributed by atoms with van der Waals surface area (Å²) in [5, 5.41) is 1.70. The summed E-state index contributed by atoms with van der Waals surface area (Å²) in [6.45, 7) is 3.83. The first kappa shape index (κ1) is 11.7. The Hall–Kier alpha value is -2.35. The minimum Gasteiger partial charge on any atom is -0.378 e. The second-order valence-electron chi connectivity index (χ2n) is 4.93. The van der Waals surface area contributed by atoms with E-state index in [0.717, 1.165) is 33.2 Å². The van der Waals surface area contributed by atoms with E-state index in [4.69, 9.17) is 0 Å². The average Bonchev–Trinajstić information content (AvgIpc) is 3.09.